The lowest BCUT2D eigenvalue weighted by Crippen LogP contribution is -2.28. The Hall–Kier alpha value is -1.69. The van der Waals surface area contributed by atoms with Gasteiger partial charge in [0.2, 0.25) is 0 Å². The molecule has 2 aromatic heterocycles. The van der Waals surface area contributed by atoms with Gasteiger partial charge in [0.1, 0.15) is 12.1 Å². The first-order valence-electron chi connectivity index (χ1n) is 5.55. The van der Waals surface area contributed by atoms with E-state index in [1.807, 2.05) is 0 Å². The predicted octanol–water partition coefficient (Wildman–Crippen LogP) is 0.153. The van der Waals surface area contributed by atoms with Crippen LogP contribution in [0.5, 0.6) is 0 Å². The van der Waals surface area contributed by atoms with E-state index in [9.17, 15) is 0 Å². The highest BCUT2D eigenvalue weighted by Gasteiger charge is 2.14. The molecule has 6 heteroatoms. The number of aromatic amines is 1. The summed E-state index contributed by atoms with van der Waals surface area (Å²) in [6, 6.07) is 0. The summed E-state index contributed by atoms with van der Waals surface area (Å²) in [5.74, 6) is 0.988. The zero-order valence-corrected chi connectivity index (χ0v) is 8.98. The number of aromatic nitrogens is 4. The molecule has 3 rings (SSSR count). The van der Waals surface area contributed by atoms with Gasteiger partial charge in [-0.1, -0.05) is 0 Å². The molecule has 84 valence electrons. The van der Waals surface area contributed by atoms with Crippen LogP contribution in [0.1, 0.15) is 6.42 Å². The van der Waals surface area contributed by atoms with Gasteiger partial charge in [0.15, 0.2) is 5.65 Å². The lowest BCUT2D eigenvalue weighted by Gasteiger charge is -2.21. The van der Waals surface area contributed by atoms with Crippen molar-refractivity contribution in [3.05, 3.63) is 12.5 Å². The molecule has 1 aliphatic heterocycles. The minimum Gasteiger partial charge on any atom is -0.355 e. The fourth-order valence-electron chi connectivity index (χ4n) is 2.06. The van der Waals surface area contributed by atoms with Crippen molar-refractivity contribution in [2.75, 3.05) is 31.1 Å². The molecule has 16 heavy (non-hydrogen) atoms. The van der Waals surface area contributed by atoms with Gasteiger partial charge in [-0.15, -0.1) is 0 Å². The van der Waals surface area contributed by atoms with E-state index < -0.39 is 0 Å². The van der Waals surface area contributed by atoms with Gasteiger partial charge in [-0.2, -0.15) is 5.10 Å². The highest BCUT2D eigenvalue weighted by Crippen LogP contribution is 2.21. The lowest BCUT2D eigenvalue weighted by molar-refractivity contribution is 0.724. The molecule has 2 aromatic rings. The van der Waals surface area contributed by atoms with Gasteiger partial charge in [-0.25, -0.2) is 9.97 Å². The van der Waals surface area contributed by atoms with Crippen molar-refractivity contribution in [2.45, 2.75) is 6.42 Å². The Balaban J connectivity index is 2.00. The molecule has 0 radical (unpaired) electrons. The van der Waals surface area contributed by atoms with Crippen molar-refractivity contribution in [2.24, 2.45) is 0 Å². The van der Waals surface area contributed by atoms with Gasteiger partial charge < -0.3 is 10.2 Å². The molecule has 0 saturated carbocycles. The van der Waals surface area contributed by atoms with Crippen molar-refractivity contribution < 1.29 is 0 Å². The molecule has 0 unspecified atom stereocenters. The Morgan fingerprint density at radius 3 is 3.19 bits per heavy atom. The highest BCUT2D eigenvalue weighted by molar-refractivity contribution is 5.86. The third kappa shape index (κ3) is 1.61. The Labute approximate surface area is 93.1 Å². The predicted molar refractivity (Wildman–Crippen MR) is 61.4 cm³/mol. The van der Waals surface area contributed by atoms with Gasteiger partial charge in [-0.05, 0) is 13.0 Å². The SMILES string of the molecule is c1nc(N2CCCNCC2)c2cn[nH]c2n1. The number of nitrogens with zero attached hydrogens (tertiary/aromatic N) is 4. The number of nitrogens with one attached hydrogen (secondary N) is 2. The standard InChI is InChI=1S/C10H14N6/c1-2-11-3-5-16(4-1)10-8-6-14-15-9(8)12-7-13-10/h6-7,11H,1-5H2,(H,12,13,14,15). The summed E-state index contributed by atoms with van der Waals surface area (Å²) in [7, 11) is 0. The molecular weight excluding hydrogens is 204 g/mol. The number of fused-ring (bicyclic) bond motifs is 1. The summed E-state index contributed by atoms with van der Waals surface area (Å²) in [4.78, 5) is 10.8. The molecule has 2 N–H and O–H groups in total. The van der Waals surface area contributed by atoms with Crippen LogP contribution in [0.3, 0.4) is 0 Å². The second-order valence-electron chi connectivity index (χ2n) is 3.92. The zero-order valence-electron chi connectivity index (χ0n) is 8.98. The molecule has 3 heterocycles. The number of anilines is 1. The quantitative estimate of drug-likeness (QED) is 0.713. The minimum absolute atomic E-state index is 0.808. The van der Waals surface area contributed by atoms with Gasteiger partial charge in [-0.3, -0.25) is 5.10 Å². The fraction of sp³-hybridized carbons (Fsp3) is 0.500. The lowest BCUT2D eigenvalue weighted by atomic mass is 10.3. The number of rotatable bonds is 1. The summed E-state index contributed by atoms with van der Waals surface area (Å²) in [6.07, 6.45) is 4.53. The van der Waals surface area contributed by atoms with E-state index in [1.165, 1.54) is 0 Å². The molecular formula is C10H14N6. The van der Waals surface area contributed by atoms with Crippen molar-refractivity contribution in [3.8, 4) is 0 Å². The van der Waals surface area contributed by atoms with Gasteiger partial charge in [0.05, 0.1) is 11.6 Å². The van der Waals surface area contributed by atoms with E-state index in [4.69, 9.17) is 0 Å². The number of hydrogen-bond donors (Lipinski definition) is 2. The number of H-pyrrole nitrogens is 1. The summed E-state index contributed by atoms with van der Waals surface area (Å²) in [5, 5.41) is 11.3. The monoisotopic (exact) mass is 218 g/mol. The Morgan fingerprint density at radius 1 is 1.19 bits per heavy atom. The van der Waals surface area contributed by atoms with Crippen molar-refractivity contribution in [1.82, 2.24) is 25.5 Å². The normalized spacial score (nSPS) is 17.6. The summed E-state index contributed by atoms with van der Waals surface area (Å²) in [5.41, 5.74) is 0.808. The van der Waals surface area contributed by atoms with Crippen molar-refractivity contribution in [1.29, 1.82) is 0 Å². The average Bonchev–Trinajstić information content (AvgIpc) is 2.63. The van der Waals surface area contributed by atoms with Crippen LogP contribution in [0.15, 0.2) is 12.5 Å². The first-order valence-corrected chi connectivity index (χ1v) is 5.55. The van der Waals surface area contributed by atoms with E-state index in [2.05, 4.69) is 30.4 Å². The summed E-state index contributed by atoms with van der Waals surface area (Å²) < 4.78 is 0. The average molecular weight is 218 g/mol. The van der Waals surface area contributed by atoms with Crippen LogP contribution in [0.4, 0.5) is 5.82 Å². The molecule has 0 atom stereocenters. The summed E-state index contributed by atoms with van der Waals surface area (Å²) in [6.45, 7) is 4.10. The molecule has 1 saturated heterocycles. The Kier molecular flexibility index (Phi) is 2.41. The van der Waals surface area contributed by atoms with Gasteiger partial charge >= 0.3 is 0 Å². The first kappa shape index (κ1) is 9.53. The van der Waals surface area contributed by atoms with E-state index in [1.54, 1.807) is 12.5 Å². The van der Waals surface area contributed by atoms with E-state index in [0.29, 0.717) is 0 Å². The van der Waals surface area contributed by atoms with Gasteiger partial charge in [0.25, 0.3) is 0 Å². The molecule has 1 aliphatic rings. The number of hydrogen-bond acceptors (Lipinski definition) is 5. The van der Waals surface area contributed by atoms with Gasteiger partial charge in [0, 0.05) is 19.6 Å². The zero-order chi connectivity index (χ0) is 10.8. The third-order valence-electron chi connectivity index (χ3n) is 2.87. The second-order valence-corrected chi connectivity index (χ2v) is 3.92. The molecule has 0 aromatic carbocycles. The molecule has 0 amide bonds. The van der Waals surface area contributed by atoms with E-state index in [-0.39, 0.29) is 0 Å². The van der Waals surface area contributed by atoms with Crippen LogP contribution in [-0.2, 0) is 0 Å². The largest absolute Gasteiger partial charge is 0.355 e. The van der Waals surface area contributed by atoms with Crippen LogP contribution < -0.4 is 10.2 Å². The molecule has 1 fully saturated rings. The van der Waals surface area contributed by atoms with E-state index >= 15 is 0 Å². The van der Waals surface area contributed by atoms with E-state index in [0.717, 1.165) is 49.5 Å². The smallest absolute Gasteiger partial charge is 0.160 e. The molecule has 0 bridgehead atoms. The maximum absolute atomic E-state index is 4.37. The third-order valence-corrected chi connectivity index (χ3v) is 2.87. The Morgan fingerprint density at radius 2 is 2.19 bits per heavy atom. The minimum atomic E-state index is 0.808. The maximum atomic E-state index is 4.37. The van der Waals surface area contributed by atoms with Crippen LogP contribution in [0.25, 0.3) is 11.0 Å². The molecule has 0 spiro atoms. The fourth-order valence-corrected chi connectivity index (χ4v) is 2.06. The topological polar surface area (TPSA) is 69.7 Å². The van der Waals surface area contributed by atoms with Crippen molar-refractivity contribution in [3.63, 3.8) is 0 Å². The highest BCUT2D eigenvalue weighted by atomic mass is 15.2. The van der Waals surface area contributed by atoms with Crippen LogP contribution in [0, 0.1) is 0 Å². The van der Waals surface area contributed by atoms with Crippen molar-refractivity contribution >= 4 is 16.9 Å². The van der Waals surface area contributed by atoms with Crippen LogP contribution in [0.2, 0.25) is 0 Å². The Bertz CT molecular complexity index is 471. The first-order chi connectivity index (χ1) is 7.95. The molecule has 6 nitrogen and oxygen atoms in total. The van der Waals surface area contributed by atoms with Crippen LogP contribution in [-0.4, -0.2) is 46.3 Å². The maximum Gasteiger partial charge on any atom is 0.160 e. The molecule has 0 aliphatic carbocycles. The summed E-state index contributed by atoms with van der Waals surface area (Å²) >= 11 is 0. The second kappa shape index (κ2) is 4.05. The van der Waals surface area contributed by atoms with Crippen LogP contribution >= 0.6 is 0 Å².